The maximum Gasteiger partial charge on any atom is 0.203 e. The Hall–Kier alpha value is -5.15. The zero-order valence-electron chi connectivity index (χ0n) is 25.6. The first-order chi connectivity index (χ1) is 22.5. The maximum atomic E-state index is 6.09. The Kier molecular flexibility index (Phi) is 8.15. The summed E-state index contributed by atoms with van der Waals surface area (Å²) >= 11 is 3.84. The third-order valence-electron chi connectivity index (χ3n) is 7.75. The van der Waals surface area contributed by atoms with Crippen molar-refractivity contribution in [1.82, 2.24) is 4.98 Å². The Bertz CT molecular complexity index is 1990. The number of nitrogens with zero attached hydrogens (tertiary/aromatic N) is 5. The number of fused-ring (bicyclic) bond motifs is 4. The molecule has 0 amide bonds. The van der Waals surface area contributed by atoms with Crippen molar-refractivity contribution in [3.8, 4) is 17.2 Å². The topological polar surface area (TPSA) is 90.0 Å². The lowest BCUT2D eigenvalue weighted by molar-refractivity contribution is 0.270. The molecule has 0 aliphatic carbocycles. The number of ether oxygens (including phenoxy) is 3. The van der Waals surface area contributed by atoms with Gasteiger partial charge in [-0.1, -0.05) is 19.4 Å². The van der Waals surface area contributed by atoms with Crippen molar-refractivity contribution < 1.29 is 14.2 Å². The number of benzene rings is 1. The highest BCUT2D eigenvalue weighted by Gasteiger charge is 2.27. The molecule has 9 heteroatoms. The van der Waals surface area contributed by atoms with E-state index in [1.165, 1.54) is 0 Å². The number of methoxy groups -OCH3 is 2. The van der Waals surface area contributed by atoms with Gasteiger partial charge in [0.15, 0.2) is 11.5 Å². The lowest BCUT2D eigenvalue weighted by Gasteiger charge is -2.17. The standard InChI is InChI=1S/C37H30BrN5O3/c1-4-5-16-46-37-32(44-2)17-22(18-33(37)45-3)27-21-26-20-25-10-13-30(41-25)34(28-8-6-7-15-39-28)29-12-9-23(40-29)19-24-11-14-31(42-24)35(38)36(27)43-26/h6-15,17-21H,4-5,16H2,1-3H3. The van der Waals surface area contributed by atoms with E-state index in [-0.39, 0.29) is 0 Å². The van der Waals surface area contributed by atoms with Gasteiger partial charge in [0.05, 0.1) is 82.2 Å². The molecule has 8 bridgehead atoms. The van der Waals surface area contributed by atoms with Crippen LogP contribution >= 0.6 is 15.9 Å². The Morgan fingerprint density at radius 1 is 0.761 bits per heavy atom. The molecular formula is C37H30BrN5O3. The second-order valence-corrected chi connectivity index (χ2v) is 11.6. The van der Waals surface area contributed by atoms with E-state index in [1.807, 2.05) is 85.0 Å². The molecule has 8 nitrogen and oxygen atoms in total. The summed E-state index contributed by atoms with van der Waals surface area (Å²) in [5, 5.41) is 0. The molecule has 46 heavy (non-hydrogen) atoms. The highest BCUT2D eigenvalue weighted by atomic mass is 79.9. The number of unbranched alkanes of at least 4 members (excludes halogenated alkanes) is 1. The summed E-state index contributed by atoms with van der Waals surface area (Å²) in [6.45, 7) is 2.70. The van der Waals surface area contributed by atoms with Gasteiger partial charge < -0.3 is 14.2 Å². The number of aliphatic imine (C=N–C) groups is 4. The maximum absolute atomic E-state index is 6.09. The molecule has 5 aliphatic heterocycles. The zero-order valence-corrected chi connectivity index (χ0v) is 27.2. The zero-order chi connectivity index (χ0) is 31.6. The summed E-state index contributed by atoms with van der Waals surface area (Å²) in [6.07, 6.45) is 21.6. The molecule has 2 aromatic rings. The van der Waals surface area contributed by atoms with E-state index in [4.69, 9.17) is 34.2 Å². The first-order valence-electron chi connectivity index (χ1n) is 15.0. The number of aromatic nitrogens is 1. The number of rotatable bonds is 8. The predicted molar refractivity (Wildman–Crippen MR) is 188 cm³/mol. The molecule has 7 rings (SSSR count). The molecular weight excluding hydrogens is 642 g/mol. The molecule has 0 radical (unpaired) electrons. The van der Waals surface area contributed by atoms with Gasteiger partial charge in [0, 0.05) is 11.8 Å². The van der Waals surface area contributed by atoms with Gasteiger partial charge >= 0.3 is 0 Å². The van der Waals surface area contributed by atoms with Crippen LogP contribution in [-0.2, 0) is 0 Å². The minimum absolute atomic E-state index is 0.571. The molecule has 0 spiro atoms. The van der Waals surface area contributed by atoms with Crippen LogP contribution in [0.25, 0.3) is 11.1 Å². The summed E-state index contributed by atoms with van der Waals surface area (Å²) in [4.78, 5) is 24.5. The molecule has 0 atom stereocenters. The lowest BCUT2D eigenvalue weighted by Crippen LogP contribution is -2.05. The number of halogens is 1. The molecule has 0 saturated heterocycles. The number of hydrogen-bond donors (Lipinski definition) is 0. The van der Waals surface area contributed by atoms with E-state index in [1.54, 1.807) is 20.4 Å². The third-order valence-corrected chi connectivity index (χ3v) is 8.53. The normalized spacial score (nSPS) is 17.9. The number of hydrogen-bond acceptors (Lipinski definition) is 8. The minimum Gasteiger partial charge on any atom is -0.493 e. The van der Waals surface area contributed by atoms with Crippen LogP contribution in [0.1, 0.15) is 31.0 Å². The first kappa shape index (κ1) is 29.6. The van der Waals surface area contributed by atoms with Crippen molar-refractivity contribution >= 4 is 49.9 Å². The molecule has 0 N–H and O–H groups in total. The van der Waals surface area contributed by atoms with Crippen molar-refractivity contribution in [2.24, 2.45) is 20.0 Å². The van der Waals surface area contributed by atoms with Gasteiger partial charge in [0.2, 0.25) is 5.75 Å². The largest absolute Gasteiger partial charge is 0.493 e. The van der Waals surface area contributed by atoms with Gasteiger partial charge in [-0.2, -0.15) is 0 Å². The second kappa shape index (κ2) is 12.7. The monoisotopic (exact) mass is 671 g/mol. The lowest BCUT2D eigenvalue weighted by atomic mass is 9.99. The van der Waals surface area contributed by atoms with Crippen LogP contribution in [0.4, 0.5) is 0 Å². The summed E-state index contributed by atoms with van der Waals surface area (Å²) in [7, 11) is 3.27. The predicted octanol–water partition coefficient (Wildman–Crippen LogP) is 7.95. The van der Waals surface area contributed by atoms with Crippen LogP contribution in [-0.4, -0.2) is 48.7 Å². The van der Waals surface area contributed by atoms with Crippen molar-refractivity contribution in [2.75, 3.05) is 20.8 Å². The molecule has 5 aliphatic rings. The van der Waals surface area contributed by atoms with Crippen molar-refractivity contribution in [3.63, 3.8) is 0 Å². The Morgan fingerprint density at radius 3 is 2.22 bits per heavy atom. The van der Waals surface area contributed by atoms with E-state index in [9.17, 15) is 0 Å². The Morgan fingerprint density at radius 2 is 1.50 bits per heavy atom. The molecule has 6 heterocycles. The second-order valence-electron chi connectivity index (χ2n) is 10.8. The first-order valence-corrected chi connectivity index (χ1v) is 15.8. The molecule has 1 aromatic carbocycles. The summed E-state index contributed by atoms with van der Waals surface area (Å²) in [5.41, 5.74) is 9.54. The average molecular weight is 673 g/mol. The minimum atomic E-state index is 0.571. The smallest absolute Gasteiger partial charge is 0.203 e. The SMILES string of the molecule is CCCCOc1c(OC)cc(C2=CC3=CC4=NC(=C(c5ccccn5)C5=NC(=CC6=NC(=C(Br)C2=N3)C=C6)C=C5)C=C4)cc1OC. The molecule has 0 saturated carbocycles. The Balaban J connectivity index is 1.39. The van der Waals surface area contributed by atoms with Crippen LogP contribution in [0.2, 0.25) is 0 Å². The third kappa shape index (κ3) is 5.70. The van der Waals surface area contributed by atoms with Crippen LogP contribution < -0.4 is 14.2 Å². The fourth-order valence-electron chi connectivity index (χ4n) is 5.50. The Labute approximate surface area is 275 Å². The van der Waals surface area contributed by atoms with E-state index < -0.39 is 0 Å². The van der Waals surface area contributed by atoms with E-state index in [0.717, 1.165) is 85.4 Å². The molecule has 0 unspecified atom stereocenters. The molecule has 0 fully saturated rings. The summed E-state index contributed by atoms with van der Waals surface area (Å²) in [5.74, 6) is 1.75. The van der Waals surface area contributed by atoms with Gasteiger partial charge in [-0.3, -0.25) is 4.98 Å². The summed E-state index contributed by atoms with van der Waals surface area (Å²) < 4.78 is 18.4. The highest BCUT2D eigenvalue weighted by molar-refractivity contribution is 9.12. The van der Waals surface area contributed by atoms with Crippen LogP contribution in [0.3, 0.4) is 0 Å². The summed E-state index contributed by atoms with van der Waals surface area (Å²) in [6, 6.07) is 9.76. The van der Waals surface area contributed by atoms with Crippen molar-refractivity contribution in [3.05, 3.63) is 130 Å². The quantitative estimate of drug-likeness (QED) is 0.266. The van der Waals surface area contributed by atoms with Gasteiger partial charge in [0.1, 0.15) is 0 Å². The average Bonchev–Trinajstić information content (AvgIpc) is 3.90. The molecule has 228 valence electrons. The highest BCUT2D eigenvalue weighted by Crippen LogP contribution is 2.43. The van der Waals surface area contributed by atoms with Crippen LogP contribution in [0, 0.1) is 0 Å². The van der Waals surface area contributed by atoms with Crippen LogP contribution in [0.15, 0.2) is 138 Å². The van der Waals surface area contributed by atoms with Gasteiger partial charge in [-0.05, 0) is 107 Å². The van der Waals surface area contributed by atoms with Gasteiger partial charge in [-0.25, -0.2) is 20.0 Å². The van der Waals surface area contributed by atoms with E-state index >= 15 is 0 Å². The number of pyridine rings is 1. The van der Waals surface area contributed by atoms with Crippen LogP contribution in [0.5, 0.6) is 17.2 Å². The molecule has 1 aromatic heterocycles. The number of allylic oxidation sites excluding steroid dienone is 12. The van der Waals surface area contributed by atoms with E-state index in [2.05, 4.69) is 27.8 Å². The van der Waals surface area contributed by atoms with Crippen molar-refractivity contribution in [2.45, 2.75) is 19.8 Å². The van der Waals surface area contributed by atoms with Crippen molar-refractivity contribution in [1.29, 1.82) is 0 Å². The fraction of sp³-hybridized carbons (Fsp3) is 0.162. The van der Waals surface area contributed by atoms with Gasteiger partial charge in [-0.15, -0.1) is 0 Å². The van der Waals surface area contributed by atoms with Gasteiger partial charge in [0.25, 0.3) is 0 Å². The fourth-order valence-corrected chi connectivity index (χ4v) is 6.02. The van der Waals surface area contributed by atoms with E-state index in [0.29, 0.717) is 23.9 Å².